The monoisotopic (exact) mass is 382 g/mol. The van der Waals surface area contributed by atoms with Gasteiger partial charge in [-0.1, -0.05) is 59.6 Å². The van der Waals surface area contributed by atoms with Crippen molar-refractivity contribution >= 4 is 46.9 Å². The number of halogens is 2. The maximum absolute atomic E-state index is 12.6. The highest BCUT2D eigenvalue weighted by molar-refractivity contribution is 8.00. The van der Waals surface area contributed by atoms with Gasteiger partial charge < -0.3 is 5.32 Å². The Morgan fingerprint density at radius 3 is 2.25 bits per heavy atom. The molecule has 7 heteroatoms. The van der Waals surface area contributed by atoms with Gasteiger partial charge in [-0.15, -0.1) is 11.8 Å². The van der Waals surface area contributed by atoms with Gasteiger partial charge in [0.1, 0.15) is 5.25 Å². The Morgan fingerprint density at radius 1 is 1.04 bits per heavy atom. The van der Waals surface area contributed by atoms with E-state index in [1.807, 2.05) is 30.3 Å². The first-order chi connectivity index (χ1) is 11.5. The predicted octanol–water partition coefficient (Wildman–Crippen LogP) is 4.67. The summed E-state index contributed by atoms with van der Waals surface area (Å²) in [6, 6.07) is 13.8. The van der Waals surface area contributed by atoms with E-state index in [0.29, 0.717) is 21.5 Å². The molecule has 0 radical (unpaired) electrons. The maximum atomic E-state index is 12.6. The number of hydrogen-bond donors (Lipinski definition) is 2. The Morgan fingerprint density at radius 2 is 1.67 bits per heavy atom. The summed E-state index contributed by atoms with van der Waals surface area (Å²) >= 11 is 13.6. The molecule has 0 heterocycles. The Hall–Kier alpha value is -1.69. The molecule has 126 valence electrons. The Labute approximate surface area is 154 Å². The van der Waals surface area contributed by atoms with Crippen molar-refractivity contribution in [3.05, 3.63) is 64.1 Å². The molecule has 0 bridgehead atoms. The van der Waals surface area contributed by atoms with Crippen LogP contribution in [-0.2, 0) is 4.79 Å². The summed E-state index contributed by atoms with van der Waals surface area (Å²) < 4.78 is 0. The number of amides is 3. The number of thioether (sulfide) groups is 1. The van der Waals surface area contributed by atoms with E-state index in [4.69, 9.17) is 23.2 Å². The highest BCUT2D eigenvalue weighted by Gasteiger charge is 2.25. The molecule has 0 saturated carbocycles. The number of carbonyl (C=O) groups is 2. The molecule has 2 rings (SSSR count). The molecule has 2 aromatic carbocycles. The Bertz CT molecular complexity index is 706. The van der Waals surface area contributed by atoms with Gasteiger partial charge in [0.2, 0.25) is 5.91 Å². The zero-order valence-corrected chi connectivity index (χ0v) is 15.2. The number of carbonyl (C=O) groups excluding carboxylic acids is 2. The summed E-state index contributed by atoms with van der Waals surface area (Å²) in [5.41, 5.74) is 0.750. The lowest BCUT2D eigenvalue weighted by atomic mass is 10.1. The zero-order valence-electron chi connectivity index (χ0n) is 12.9. The van der Waals surface area contributed by atoms with Gasteiger partial charge in [0.25, 0.3) is 0 Å². The molecule has 4 nitrogen and oxygen atoms in total. The van der Waals surface area contributed by atoms with E-state index in [2.05, 4.69) is 10.6 Å². The van der Waals surface area contributed by atoms with Crippen LogP contribution in [0.15, 0.2) is 53.4 Å². The first-order valence-electron chi connectivity index (χ1n) is 7.27. The van der Waals surface area contributed by atoms with E-state index in [1.54, 1.807) is 25.1 Å². The minimum Gasteiger partial charge on any atom is -0.338 e. The molecular formula is C17H16Cl2N2O2S. The van der Waals surface area contributed by atoms with Crippen molar-refractivity contribution in [2.75, 3.05) is 6.54 Å². The van der Waals surface area contributed by atoms with Gasteiger partial charge in [0.15, 0.2) is 0 Å². The zero-order chi connectivity index (χ0) is 17.5. The first kappa shape index (κ1) is 18.6. The van der Waals surface area contributed by atoms with Crippen molar-refractivity contribution in [2.45, 2.75) is 17.1 Å². The molecule has 0 aliphatic carbocycles. The molecule has 2 aromatic rings. The molecular weight excluding hydrogens is 367 g/mol. The van der Waals surface area contributed by atoms with E-state index in [0.717, 1.165) is 5.56 Å². The molecule has 0 saturated heterocycles. The third-order valence-electron chi connectivity index (χ3n) is 3.07. The summed E-state index contributed by atoms with van der Waals surface area (Å²) in [4.78, 5) is 24.8. The largest absolute Gasteiger partial charge is 0.338 e. The lowest BCUT2D eigenvalue weighted by molar-refractivity contribution is -0.119. The van der Waals surface area contributed by atoms with Crippen molar-refractivity contribution < 1.29 is 9.59 Å². The van der Waals surface area contributed by atoms with Crippen molar-refractivity contribution in [3.8, 4) is 0 Å². The third-order valence-corrected chi connectivity index (χ3v) is 5.32. The fourth-order valence-corrected chi connectivity index (χ4v) is 3.72. The molecule has 1 atom stereocenters. The second kappa shape index (κ2) is 8.97. The SMILES string of the molecule is CCNC(=O)NC(=O)[C@@H](Sc1c(Cl)cccc1Cl)c1ccccc1. The van der Waals surface area contributed by atoms with E-state index in [-0.39, 0.29) is 0 Å². The summed E-state index contributed by atoms with van der Waals surface area (Å²) in [7, 11) is 0. The minimum atomic E-state index is -0.661. The maximum Gasteiger partial charge on any atom is 0.321 e. The molecule has 0 fully saturated rings. The van der Waals surface area contributed by atoms with Gasteiger partial charge in [-0.3, -0.25) is 10.1 Å². The quantitative estimate of drug-likeness (QED) is 0.738. The average molecular weight is 383 g/mol. The second-order valence-electron chi connectivity index (χ2n) is 4.81. The molecule has 24 heavy (non-hydrogen) atoms. The Balaban J connectivity index is 2.30. The van der Waals surface area contributed by atoms with E-state index >= 15 is 0 Å². The first-order valence-corrected chi connectivity index (χ1v) is 8.90. The van der Waals surface area contributed by atoms with Gasteiger partial charge in [-0.25, -0.2) is 4.79 Å². The topological polar surface area (TPSA) is 58.2 Å². The van der Waals surface area contributed by atoms with Gasteiger partial charge >= 0.3 is 6.03 Å². The number of imide groups is 1. The van der Waals surface area contributed by atoms with Crippen LogP contribution in [0.3, 0.4) is 0 Å². The van der Waals surface area contributed by atoms with Crippen molar-refractivity contribution in [2.24, 2.45) is 0 Å². The van der Waals surface area contributed by atoms with Gasteiger partial charge in [0, 0.05) is 11.4 Å². The lowest BCUT2D eigenvalue weighted by Crippen LogP contribution is -2.41. The second-order valence-corrected chi connectivity index (χ2v) is 6.74. The number of rotatable bonds is 5. The summed E-state index contributed by atoms with van der Waals surface area (Å²) in [5, 5.41) is 5.13. The normalized spacial score (nSPS) is 11.6. The van der Waals surface area contributed by atoms with Crippen LogP contribution >= 0.6 is 35.0 Å². The van der Waals surface area contributed by atoms with E-state index < -0.39 is 17.2 Å². The molecule has 0 aromatic heterocycles. The van der Waals surface area contributed by atoms with Crippen LogP contribution < -0.4 is 10.6 Å². The third kappa shape index (κ3) is 4.90. The number of benzene rings is 2. The lowest BCUT2D eigenvalue weighted by Gasteiger charge is -2.18. The highest BCUT2D eigenvalue weighted by Crippen LogP contribution is 2.42. The smallest absolute Gasteiger partial charge is 0.321 e. The highest BCUT2D eigenvalue weighted by atomic mass is 35.5. The van der Waals surface area contributed by atoms with Crippen LogP contribution in [-0.4, -0.2) is 18.5 Å². The Kier molecular flexibility index (Phi) is 6.97. The average Bonchev–Trinajstić information content (AvgIpc) is 2.55. The summed E-state index contributed by atoms with van der Waals surface area (Å²) in [5.74, 6) is -0.437. The van der Waals surface area contributed by atoms with Crippen LogP contribution in [0.4, 0.5) is 4.79 Å². The van der Waals surface area contributed by atoms with Crippen LogP contribution in [0.25, 0.3) is 0 Å². The van der Waals surface area contributed by atoms with Crippen LogP contribution in [0.1, 0.15) is 17.7 Å². The van der Waals surface area contributed by atoms with Crippen molar-refractivity contribution in [1.82, 2.24) is 10.6 Å². The molecule has 0 aliphatic heterocycles. The van der Waals surface area contributed by atoms with Crippen LogP contribution in [0, 0.1) is 0 Å². The van der Waals surface area contributed by atoms with Crippen LogP contribution in [0.5, 0.6) is 0 Å². The fourth-order valence-electron chi connectivity index (χ4n) is 2.00. The fraction of sp³-hybridized carbons (Fsp3) is 0.176. The van der Waals surface area contributed by atoms with Gasteiger partial charge in [-0.05, 0) is 24.6 Å². The number of hydrogen-bond acceptors (Lipinski definition) is 3. The standard InChI is InChI=1S/C17H16Cl2N2O2S/c1-2-20-17(23)21-16(22)14(11-7-4-3-5-8-11)24-15-12(18)9-6-10-13(15)19/h3-10,14H,2H2,1H3,(H2,20,21,22,23)/t14-/m0/s1. The molecule has 3 amide bonds. The predicted molar refractivity (Wildman–Crippen MR) is 98.7 cm³/mol. The molecule has 0 spiro atoms. The molecule has 0 aliphatic rings. The number of urea groups is 1. The van der Waals surface area contributed by atoms with Crippen LogP contribution in [0.2, 0.25) is 10.0 Å². The van der Waals surface area contributed by atoms with Crippen molar-refractivity contribution in [1.29, 1.82) is 0 Å². The minimum absolute atomic E-state index is 0.429. The molecule has 2 N–H and O–H groups in total. The molecule has 0 unspecified atom stereocenters. The number of nitrogens with one attached hydrogen (secondary N) is 2. The summed E-state index contributed by atoms with van der Waals surface area (Å²) in [6.45, 7) is 2.20. The van der Waals surface area contributed by atoms with Crippen molar-refractivity contribution in [3.63, 3.8) is 0 Å². The van der Waals surface area contributed by atoms with E-state index in [1.165, 1.54) is 11.8 Å². The van der Waals surface area contributed by atoms with Gasteiger partial charge in [0.05, 0.1) is 10.0 Å². The summed E-state index contributed by atoms with van der Waals surface area (Å²) in [6.07, 6.45) is 0. The van der Waals surface area contributed by atoms with Gasteiger partial charge in [-0.2, -0.15) is 0 Å². The van der Waals surface area contributed by atoms with E-state index in [9.17, 15) is 9.59 Å².